The fourth-order valence-corrected chi connectivity index (χ4v) is 5.26. The summed E-state index contributed by atoms with van der Waals surface area (Å²) in [6.07, 6.45) is 13.0. The van der Waals surface area contributed by atoms with Crippen LogP contribution in [0.4, 0.5) is 0 Å². The number of carbonyl (C=O) groups excluding carboxylic acids is 1. The van der Waals surface area contributed by atoms with Gasteiger partial charge in [-0.3, -0.25) is 4.79 Å². The van der Waals surface area contributed by atoms with Crippen LogP contribution in [0, 0.1) is 23.2 Å². The molecule has 1 amide bonds. The molecule has 0 spiro atoms. The zero-order valence-corrected chi connectivity index (χ0v) is 14.1. The van der Waals surface area contributed by atoms with E-state index in [1.807, 2.05) is 0 Å². The Morgan fingerprint density at radius 1 is 1.10 bits per heavy atom. The van der Waals surface area contributed by atoms with Crippen LogP contribution < -0.4 is 5.32 Å². The van der Waals surface area contributed by atoms with Crippen LogP contribution in [0.15, 0.2) is 0 Å². The zero-order chi connectivity index (χ0) is 14.0. The molecule has 3 atom stereocenters. The fourth-order valence-electron chi connectivity index (χ4n) is 4.42. The van der Waals surface area contributed by atoms with Gasteiger partial charge in [0.05, 0.1) is 0 Å². The average Bonchev–Trinajstić information content (AvgIpc) is 3.25. The second-order valence-corrected chi connectivity index (χ2v) is 8.26. The summed E-state index contributed by atoms with van der Waals surface area (Å²) in [5.41, 5.74) is 0.446. The summed E-state index contributed by atoms with van der Waals surface area (Å²) in [6.45, 7) is 0.919. The number of alkyl halides is 1. The predicted octanol–water partition coefficient (Wildman–Crippen LogP) is 4.27. The van der Waals surface area contributed by atoms with Crippen molar-refractivity contribution in [2.24, 2.45) is 23.2 Å². The van der Waals surface area contributed by atoms with Crippen LogP contribution in [0.3, 0.4) is 0 Å². The standard InChI is InChI=1S/C17H28BrNO/c18-10-9-17(7-8-17)12-19-16(20)15-6-5-13-3-1-2-4-14(13)11-15/h13-15H,1-12H2,(H,19,20). The molecule has 0 aromatic carbocycles. The first kappa shape index (κ1) is 14.9. The molecule has 0 aromatic rings. The predicted molar refractivity (Wildman–Crippen MR) is 85.9 cm³/mol. The lowest BCUT2D eigenvalue weighted by Crippen LogP contribution is -2.39. The third kappa shape index (κ3) is 3.40. The van der Waals surface area contributed by atoms with Crippen molar-refractivity contribution in [1.29, 1.82) is 0 Å². The lowest BCUT2D eigenvalue weighted by Gasteiger charge is -2.38. The number of halogens is 1. The van der Waals surface area contributed by atoms with Gasteiger partial charge in [0.15, 0.2) is 0 Å². The Labute approximate surface area is 131 Å². The number of fused-ring (bicyclic) bond motifs is 1. The van der Waals surface area contributed by atoms with Gasteiger partial charge in [-0.25, -0.2) is 0 Å². The average molecular weight is 342 g/mol. The van der Waals surface area contributed by atoms with Crippen molar-refractivity contribution in [3.05, 3.63) is 0 Å². The van der Waals surface area contributed by atoms with E-state index in [-0.39, 0.29) is 0 Å². The Balaban J connectivity index is 1.46. The molecule has 0 bridgehead atoms. The number of carbonyl (C=O) groups is 1. The summed E-state index contributed by atoms with van der Waals surface area (Å²) in [4.78, 5) is 12.4. The van der Waals surface area contributed by atoms with Crippen molar-refractivity contribution in [1.82, 2.24) is 5.32 Å². The Morgan fingerprint density at radius 2 is 1.85 bits per heavy atom. The topological polar surface area (TPSA) is 29.1 Å². The van der Waals surface area contributed by atoms with Gasteiger partial charge in [-0.15, -0.1) is 0 Å². The highest BCUT2D eigenvalue weighted by Crippen LogP contribution is 2.48. The van der Waals surface area contributed by atoms with Crippen LogP contribution in [0.25, 0.3) is 0 Å². The minimum atomic E-state index is 0.314. The number of rotatable bonds is 5. The fraction of sp³-hybridized carbons (Fsp3) is 0.941. The maximum Gasteiger partial charge on any atom is 0.223 e. The molecule has 2 nitrogen and oxygen atoms in total. The maximum absolute atomic E-state index is 12.4. The van der Waals surface area contributed by atoms with E-state index < -0.39 is 0 Å². The Bertz CT molecular complexity index is 353. The molecule has 0 radical (unpaired) electrons. The largest absolute Gasteiger partial charge is 0.355 e. The summed E-state index contributed by atoms with van der Waals surface area (Å²) in [6, 6.07) is 0. The molecule has 20 heavy (non-hydrogen) atoms. The molecular weight excluding hydrogens is 314 g/mol. The van der Waals surface area contributed by atoms with E-state index in [0.29, 0.717) is 17.2 Å². The third-order valence-electron chi connectivity index (χ3n) is 6.13. The quantitative estimate of drug-likeness (QED) is 0.743. The van der Waals surface area contributed by atoms with Gasteiger partial charge in [0.25, 0.3) is 0 Å². The monoisotopic (exact) mass is 341 g/mol. The summed E-state index contributed by atoms with van der Waals surface area (Å²) in [5, 5.41) is 4.34. The summed E-state index contributed by atoms with van der Waals surface area (Å²) in [7, 11) is 0. The van der Waals surface area contributed by atoms with Crippen molar-refractivity contribution in [3.63, 3.8) is 0 Å². The van der Waals surface area contributed by atoms with Gasteiger partial charge in [0.2, 0.25) is 5.91 Å². The smallest absolute Gasteiger partial charge is 0.223 e. The van der Waals surface area contributed by atoms with E-state index in [0.717, 1.165) is 30.1 Å². The minimum Gasteiger partial charge on any atom is -0.355 e. The maximum atomic E-state index is 12.4. The lowest BCUT2D eigenvalue weighted by atomic mass is 9.67. The van der Waals surface area contributed by atoms with E-state index >= 15 is 0 Å². The lowest BCUT2D eigenvalue weighted by molar-refractivity contribution is -0.127. The van der Waals surface area contributed by atoms with Crippen LogP contribution >= 0.6 is 15.9 Å². The molecule has 3 rings (SSSR count). The molecule has 3 heteroatoms. The van der Waals surface area contributed by atoms with Crippen molar-refractivity contribution in [2.45, 2.75) is 64.2 Å². The highest BCUT2D eigenvalue weighted by atomic mass is 79.9. The van der Waals surface area contributed by atoms with Crippen LogP contribution in [-0.2, 0) is 4.79 Å². The molecule has 114 valence electrons. The van der Waals surface area contributed by atoms with E-state index in [1.165, 1.54) is 57.8 Å². The molecule has 3 aliphatic rings. The minimum absolute atomic E-state index is 0.314. The van der Waals surface area contributed by atoms with Gasteiger partial charge in [-0.05, 0) is 55.8 Å². The van der Waals surface area contributed by atoms with E-state index in [1.54, 1.807) is 0 Å². The van der Waals surface area contributed by atoms with Gasteiger partial charge in [0, 0.05) is 17.8 Å². The number of amides is 1. The second-order valence-electron chi connectivity index (χ2n) is 7.47. The summed E-state index contributed by atoms with van der Waals surface area (Å²) < 4.78 is 0. The van der Waals surface area contributed by atoms with E-state index in [4.69, 9.17) is 0 Å². The summed E-state index contributed by atoms with van der Waals surface area (Å²) in [5.74, 6) is 2.46. The summed E-state index contributed by atoms with van der Waals surface area (Å²) >= 11 is 3.53. The number of hydrogen-bond acceptors (Lipinski definition) is 1. The van der Waals surface area contributed by atoms with Crippen LogP contribution in [0.2, 0.25) is 0 Å². The Kier molecular flexibility index (Phi) is 4.74. The Morgan fingerprint density at radius 3 is 2.55 bits per heavy atom. The van der Waals surface area contributed by atoms with Crippen LogP contribution in [-0.4, -0.2) is 17.8 Å². The molecule has 0 heterocycles. The van der Waals surface area contributed by atoms with Crippen molar-refractivity contribution >= 4 is 21.8 Å². The van der Waals surface area contributed by atoms with Crippen LogP contribution in [0.1, 0.15) is 64.2 Å². The molecule has 3 saturated carbocycles. The highest BCUT2D eigenvalue weighted by molar-refractivity contribution is 9.09. The van der Waals surface area contributed by atoms with Crippen LogP contribution in [0.5, 0.6) is 0 Å². The molecule has 0 saturated heterocycles. The molecule has 3 unspecified atom stereocenters. The molecule has 1 N–H and O–H groups in total. The highest BCUT2D eigenvalue weighted by Gasteiger charge is 2.42. The SMILES string of the molecule is O=C(NCC1(CCBr)CC1)C1CCC2CCCCC2C1. The van der Waals surface area contributed by atoms with Gasteiger partial charge in [-0.2, -0.15) is 0 Å². The Hall–Kier alpha value is -0.0500. The van der Waals surface area contributed by atoms with Gasteiger partial charge in [-0.1, -0.05) is 41.6 Å². The van der Waals surface area contributed by atoms with Crippen molar-refractivity contribution in [3.8, 4) is 0 Å². The molecule has 0 aliphatic heterocycles. The molecule has 3 aliphatic carbocycles. The third-order valence-corrected chi connectivity index (χ3v) is 6.53. The van der Waals surface area contributed by atoms with E-state index in [2.05, 4.69) is 21.2 Å². The number of hydrogen-bond donors (Lipinski definition) is 1. The molecule has 3 fully saturated rings. The van der Waals surface area contributed by atoms with Gasteiger partial charge in [0.1, 0.15) is 0 Å². The van der Waals surface area contributed by atoms with Gasteiger partial charge >= 0.3 is 0 Å². The first-order chi connectivity index (χ1) is 9.72. The van der Waals surface area contributed by atoms with Crippen molar-refractivity contribution < 1.29 is 4.79 Å². The molecular formula is C17H28BrNO. The number of nitrogens with one attached hydrogen (secondary N) is 1. The second kappa shape index (κ2) is 6.37. The van der Waals surface area contributed by atoms with Gasteiger partial charge < -0.3 is 5.32 Å². The first-order valence-electron chi connectivity index (χ1n) is 8.56. The molecule has 0 aromatic heterocycles. The van der Waals surface area contributed by atoms with E-state index in [9.17, 15) is 4.79 Å². The zero-order valence-electron chi connectivity index (χ0n) is 12.5. The normalized spacial score (nSPS) is 35.1. The van der Waals surface area contributed by atoms with Crippen molar-refractivity contribution in [2.75, 3.05) is 11.9 Å². The first-order valence-corrected chi connectivity index (χ1v) is 9.68.